The van der Waals surface area contributed by atoms with Crippen molar-refractivity contribution in [3.8, 4) is 5.69 Å². The first-order chi connectivity index (χ1) is 16.0. The predicted molar refractivity (Wildman–Crippen MR) is 129 cm³/mol. The molecule has 0 aliphatic heterocycles. The molecule has 4 rings (SSSR count). The van der Waals surface area contributed by atoms with Gasteiger partial charge in [-0.05, 0) is 54.1 Å². The van der Waals surface area contributed by atoms with Crippen LogP contribution in [0.25, 0.3) is 16.6 Å². The maximum Gasteiger partial charge on any atom is 0.266 e. The van der Waals surface area contributed by atoms with Crippen molar-refractivity contribution in [2.24, 2.45) is 0 Å². The third-order valence-corrected chi connectivity index (χ3v) is 6.87. The number of carbonyl (C=O) groups is 1. The Hall–Kier alpha value is -3.17. The number of rotatable bonds is 8. The zero-order chi connectivity index (χ0) is 23.2. The fourth-order valence-corrected chi connectivity index (χ4v) is 4.97. The Morgan fingerprint density at radius 2 is 1.61 bits per heavy atom. The molecule has 1 N–H and O–H groups in total. The molecule has 0 saturated heterocycles. The summed E-state index contributed by atoms with van der Waals surface area (Å²) in [5.41, 5.74) is 1.67. The summed E-state index contributed by atoms with van der Waals surface area (Å²) in [4.78, 5) is 29.9. The number of aromatic nitrogens is 2. The smallest absolute Gasteiger partial charge is 0.266 e. The molecular weight excluding hydrogens is 464 g/mol. The number of benzene rings is 3. The highest BCUT2D eigenvalue weighted by molar-refractivity contribution is 8.16. The van der Waals surface area contributed by atoms with Gasteiger partial charge < -0.3 is 5.32 Å². The van der Waals surface area contributed by atoms with Crippen LogP contribution in [-0.4, -0.2) is 26.3 Å². The van der Waals surface area contributed by atoms with Crippen molar-refractivity contribution >= 4 is 40.3 Å². The molecule has 5 nitrogen and oxygen atoms in total. The third kappa shape index (κ3) is 5.80. The van der Waals surface area contributed by atoms with Crippen molar-refractivity contribution in [3.63, 3.8) is 0 Å². The highest BCUT2D eigenvalue weighted by atomic mass is 32.2. The summed E-state index contributed by atoms with van der Waals surface area (Å²) in [6.07, 6.45) is 0. The molecule has 3 aromatic carbocycles. The molecular formula is C24H19F2N3O2S2. The van der Waals surface area contributed by atoms with Gasteiger partial charge in [0.15, 0.2) is 5.16 Å². The molecule has 1 amide bonds. The van der Waals surface area contributed by atoms with Crippen LogP contribution in [0.3, 0.4) is 0 Å². The monoisotopic (exact) mass is 483 g/mol. The first-order valence-corrected chi connectivity index (χ1v) is 12.1. The Bertz CT molecular complexity index is 1330. The van der Waals surface area contributed by atoms with Crippen LogP contribution in [0.2, 0.25) is 0 Å². The van der Waals surface area contributed by atoms with Gasteiger partial charge in [0, 0.05) is 11.6 Å². The molecule has 1 aromatic heterocycles. The number of halogens is 2. The third-order valence-electron chi connectivity index (χ3n) is 4.74. The molecule has 0 aliphatic carbocycles. The lowest BCUT2D eigenvalue weighted by atomic mass is 10.2. The molecule has 33 heavy (non-hydrogen) atoms. The Morgan fingerprint density at radius 1 is 0.939 bits per heavy atom. The van der Waals surface area contributed by atoms with Crippen molar-refractivity contribution in [1.82, 2.24) is 14.9 Å². The van der Waals surface area contributed by atoms with E-state index in [2.05, 4.69) is 10.3 Å². The lowest BCUT2D eigenvalue weighted by Crippen LogP contribution is -2.24. The second-order valence-corrected chi connectivity index (χ2v) is 9.34. The molecule has 0 saturated carbocycles. The van der Waals surface area contributed by atoms with E-state index in [9.17, 15) is 18.4 Å². The summed E-state index contributed by atoms with van der Waals surface area (Å²) < 4.78 is 27.8. The van der Waals surface area contributed by atoms with Gasteiger partial charge in [-0.15, -0.1) is 11.8 Å². The van der Waals surface area contributed by atoms with E-state index in [-0.39, 0.29) is 23.0 Å². The predicted octanol–water partition coefficient (Wildman–Crippen LogP) is 4.76. The minimum atomic E-state index is -0.392. The number of fused-ring (bicyclic) bond motifs is 1. The topological polar surface area (TPSA) is 64.0 Å². The fourth-order valence-electron chi connectivity index (χ4n) is 3.11. The number of amides is 1. The number of hydrogen-bond donors (Lipinski definition) is 1. The first-order valence-electron chi connectivity index (χ1n) is 10.0. The van der Waals surface area contributed by atoms with E-state index >= 15 is 0 Å². The first kappa shape index (κ1) is 23.0. The molecule has 0 radical (unpaired) electrons. The molecule has 1 heterocycles. The van der Waals surface area contributed by atoms with Gasteiger partial charge in [-0.3, -0.25) is 14.2 Å². The van der Waals surface area contributed by atoms with Gasteiger partial charge >= 0.3 is 0 Å². The minimum absolute atomic E-state index is 0.146. The molecule has 0 unspecified atom stereocenters. The number of hydrogen-bond acceptors (Lipinski definition) is 5. The molecule has 9 heteroatoms. The van der Waals surface area contributed by atoms with Crippen molar-refractivity contribution < 1.29 is 13.6 Å². The molecule has 0 atom stereocenters. The second kappa shape index (κ2) is 10.6. The van der Waals surface area contributed by atoms with Crippen LogP contribution in [-0.2, 0) is 11.3 Å². The number of para-hydroxylation sites is 1. The Kier molecular flexibility index (Phi) is 7.41. The molecule has 0 aliphatic rings. The van der Waals surface area contributed by atoms with E-state index < -0.39 is 5.82 Å². The van der Waals surface area contributed by atoms with Crippen molar-refractivity contribution in [1.29, 1.82) is 0 Å². The largest absolute Gasteiger partial charge is 0.351 e. The zero-order valence-electron chi connectivity index (χ0n) is 17.3. The van der Waals surface area contributed by atoms with Gasteiger partial charge in [-0.1, -0.05) is 36.0 Å². The van der Waals surface area contributed by atoms with Crippen LogP contribution in [0.4, 0.5) is 8.78 Å². The summed E-state index contributed by atoms with van der Waals surface area (Å²) in [5, 5.41) is 4.21. The SMILES string of the molecule is O=C(CSCSc1nc2ccccc2c(=O)n1-c1ccc(F)cc1)NCc1ccc(F)cc1. The maximum absolute atomic E-state index is 13.4. The second-order valence-electron chi connectivity index (χ2n) is 7.04. The Balaban J connectivity index is 1.43. The summed E-state index contributed by atoms with van der Waals surface area (Å²) in [6, 6.07) is 18.7. The quantitative estimate of drug-likeness (QED) is 0.169. The number of nitrogens with one attached hydrogen (secondary N) is 1. The van der Waals surface area contributed by atoms with Crippen LogP contribution in [0.15, 0.2) is 82.7 Å². The highest BCUT2D eigenvalue weighted by Gasteiger charge is 2.14. The van der Waals surface area contributed by atoms with Crippen molar-refractivity contribution in [2.75, 3.05) is 10.8 Å². The van der Waals surface area contributed by atoms with Gasteiger partial charge in [-0.2, -0.15) is 0 Å². The van der Waals surface area contributed by atoms with Gasteiger partial charge in [0.1, 0.15) is 11.6 Å². The van der Waals surface area contributed by atoms with Crippen molar-refractivity contribution in [3.05, 3.63) is 100 Å². The van der Waals surface area contributed by atoms with Crippen molar-refractivity contribution in [2.45, 2.75) is 11.7 Å². The average Bonchev–Trinajstić information content (AvgIpc) is 2.82. The van der Waals surface area contributed by atoms with E-state index in [4.69, 9.17) is 0 Å². The Morgan fingerprint density at radius 3 is 2.33 bits per heavy atom. The molecule has 0 bridgehead atoms. The standard InChI is InChI=1S/C24H19F2N3O2S2/c25-17-7-5-16(6-8-17)13-27-22(30)14-32-15-33-24-28-21-4-2-1-3-20(21)23(31)29(24)19-11-9-18(26)10-12-19/h1-12H,13-15H2,(H,27,30). The Labute approximate surface area is 197 Å². The van der Waals surface area contributed by atoms with E-state index in [0.717, 1.165) is 5.56 Å². The maximum atomic E-state index is 13.4. The van der Waals surface area contributed by atoms with E-state index in [1.165, 1.54) is 64.5 Å². The fraction of sp³-hybridized carbons (Fsp3) is 0.125. The van der Waals surface area contributed by atoms with Gasteiger partial charge in [0.05, 0.1) is 22.3 Å². The van der Waals surface area contributed by atoms with Crippen LogP contribution in [0.5, 0.6) is 0 Å². The molecule has 168 valence electrons. The van der Waals surface area contributed by atoms with Crippen LogP contribution in [0.1, 0.15) is 5.56 Å². The molecule has 4 aromatic rings. The highest BCUT2D eigenvalue weighted by Crippen LogP contribution is 2.24. The average molecular weight is 484 g/mol. The van der Waals surface area contributed by atoms with Crippen LogP contribution >= 0.6 is 23.5 Å². The van der Waals surface area contributed by atoms with E-state index in [1.807, 2.05) is 6.07 Å². The summed E-state index contributed by atoms with van der Waals surface area (Å²) in [5.74, 6) is -0.633. The lowest BCUT2D eigenvalue weighted by molar-refractivity contribution is -0.118. The number of carbonyl (C=O) groups excluding carboxylic acids is 1. The molecule has 0 fully saturated rings. The van der Waals surface area contributed by atoms with E-state index in [0.29, 0.717) is 33.4 Å². The van der Waals surface area contributed by atoms with Gasteiger partial charge in [-0.25, -0.2) is 13.8 Å². The summed E-state index contributed by atoms with van der Waals surface area (Å²) >= 11 is 2.72. The van der Waals surface area contributed by atoms with E-state index in [1.54, 1.807) is 30.3 Å². The minimum Gasteiger partial charge on any atom is -0.351 e. The summed E-state index contributed by atoms with van der Waals surface area (Å²) in [6.45, 7) is 0.323. The normalized spacial score (nSPS) is 11.0. The number of nitrogens with zero attached hydrogens (tertiary/aromatic N) is 2. The van der Waals surface area contributed by atoms with Gasteiger partial charge in [0.25, 0.3) is 5.56 Å². The molecule has 0 spiro atoms. The van der Waals surface area contributed by atoms with Gasteiger partial charge in [0.2, 0.25) is 5.91 Å². The number of thioether (sulfide) groups is 2. The zero-order valence-corrected chi connectivity index (χ0v) is 19.0. The summed E-state index contributed by atoms with van der Waals surface area (Å²) in [7, 11) is 0. The van der Waals surface area contributed by atoms with Crippen LogP contribution in [0, 0.1) is 11.6 Å². The van der Waals surface area contributed by atoms with Crippen LogP contribution < -0.4 is 10.9 Å². The lowest BCUT2D eigenvalue weighted by Gasteiger charge is -2.13.